The fourth-order valence-electron chi connectivity index (χ4n) is 2.22. The number of rotatable bonds is 8. The Morgan fingerprint density at radius 3 is 2.85 bits per heavy atom. The molecule has 0 aliphatic heterocycles. The number of ether oxygens (including phenoxy) is 2. The van der Waals surface area contributed by atoms with Gasteiger partial charge in [-0.05, 0) is 22.6 Å². The summed E-state index contributed by atoms with van der Waals surface area (Å²) in [6, 6.07) is 6.79. The Hall–Kier alpha value is -2.72. The zero-order valence-corrected chi connectivity index (χ0v) is 16.1. The van der Waals surface area contributed by atoms with Gasteiger partial charge in [0, 0.05) is 12.1 Å². The first-order valence-electron chi connectivity index (χ1n) is 7.73. The Kier molecular flexibility index (Phi) is 6.20. The van der Waals surface area contributed by atoms with Crippen molar-refractivity contribution in [2.45, 2.75) is 11.7 Å². The maximum atomic E-state index is 12.3. The number of amides is 1. The first kappa shape index (κ1) is 19.1. The van der Waals surface area contributed by atoms with Crippen molar-refractivity contribution in [3.63, 3.8) is 0 Å². The lowest BCUT2D eigenvalue weighted by molar-refractivity contribution is -0.113. The fourth-order valence-corrected chi connectivity index (χ4v) is 3.13. The van der Waals surface area contributed by atoms with E-state index in [-0.39, 0.29) is 11.7 Å². The number of anilines is 1. The van der Waals surface area contributed by atoms with Gasteiger partial charge in [-0.15, -0.1) is 5.10 Å². The lowest BCUT2D eigenvalue weighted by atomic mass is 10.2. The standard InChI is InChI=1S/C16H16ClN5O4S/c1-24-13-7-12(14(25-2)6-11(13)17)18-15(23)9-27-16-19-20-21-22(16)8-10-4-3-5-26-10/h3-7H,8-9H2,1-2H3,(H,18,23). The summed E-state index contributed by atoms with van der Waals surface area (Å²) in [6.45, 7) is 0.381. The van der Waals surface area contributed by atoms with E-state index < -0.39 is 0 Å². The molecule has 0 bridgehead atoms. The van der Waals surface area contributed by atoms with Gasteiger partial charge in [-0.3, -0.25) is 4.79 Å². The molecule has 27 heavy (non-hydrogen) atoms. The lowest BCUT2D eigenvalue weighted by Crippen LogP contribution is -2.15. The molecule has 1 amide bonds. The van der Waals surface area contributed by atoms with E-state index in [9.17, 15) is 4.79 Å². The highest BCUT2D eigenvalue weighted by atomic mass is 35.5. The Labute approximate surface area is 164 Å². The molecular weight excluding hydrogens is 394 g/mol. The minimum Gasteiger partial charge on any atom is -0.495 e. The molecule has 0 unspecified atom stereocenters. The van der Waals surface area contributed by atoms with E-state index in [0.29, 0.717) is 39.7 Å². The summed E-state index contributed by atoms with van der Waals surface area (Å²) in [5.74, 6) is 1.43. The minimum atomic E-state index is -0.254. The molecule has 0 saturated heterocycles. The summed E-state index contributed by atoms with van der Waals surface area (Å²) in [5.41, 5.74) is 0.458. The average molecular weight is 410 g/mol. The van der Waals surface area contributed by atoms with Crippen LogP contribution in [0.5, 0.6) is 11.5 Å². The molecule has 0 spiro atoms. The third kappa shape index (κ3) is 4.72. The highest BCUT2D eigenvalue weighted by Gasteiger charge is 2.15. The van der Waals surface area contributed by atoms with E-state index in [1.165, 1.54) is 26.0 Å². The number of hydrogen-bond acceptors (Lipinski definition) is 8. The van der Waals surface area contributed by atoms with Crippen LogP contribution in [0.25, 0.3) is 0 Å². The van der Waals surface area contributed by atoms with E-state index in [4.69, 9.17) is 25.5 Å². The molecule has 0 fully saturated rings. The zero-order valence-electron chi connectivity index (χ0n) is 14.5. The normalized spacial score (nSPS) is 10.6. The maximum absolute atomic E-state index is 12.3. The predicted molar refractivity (Wildman–Crippen MR) is 99.5 cm³/mol. The van der Waals surface area contributed by atoms with Gasteiger partial charge in [0.1, 0.15) is 23.8 Å². The summed E-state index contributed by atoms with van der Waals surface area (Å²) < 4.78 is 17.3. The first-order chi connectivity index (χ1) is 13.1. The van der Waals surface area contributed by atoms with Crippen LogP contribution in [0.15, 0.2) is 40.1 Å². The molecule has 0 radical (unpaired) electrons. The number of thioether (sulfide) groups is 1. The molecular formula is C16H16ClN5O4S. The van der Waals surface area contributed by atoms with E-state index in [0.717, 1.165) is 0 Å². The molecule has 0 atom stereocenters. The summed E-state index contributed by atoms with van der Waals surface area (Å²) in [4.78, 5) is 12.3. The summed E-state index contributed by atoms with van der Waals surface area (Å²) in [6.07, 6.45) is 1.58. The summed E-state index contributed by atoms with van der Waals surface area (Å²) in [7, 11) is 2.99. The van der Waals surface area contributed by atoms with Crippen LogP contribution in [0.2, 0.25) is 5.02 Å². The molecule has 3 aromatic rings. The van der Waals surface area contributed by atoms with E-state index in [1.807, 2.05) is 6.07 Å². The number of nitrogens with one attached hydrogen (secondary N) is 1. The smallest absolute Gasteiger partial charge is 0.234 e. The SMILES string of the molecule is COc1cc(NC(=O)CSc2nnnn2Cc2ccco2)c(OC)cc1Cl. The van der Waals surface area contributed by atoms with Gasteiger partial charge >= 0.3 is 0 Å². The second kappa shape index (κ2) is 8.78. The Balaban J connectivity index is 1.63. The third-order valence-electron chi connectivity index (χ3n) is 3.47. The van der Waals surface area contributed by atoms with Crippen LogP contribution in [0.4, 0.5) is 5.69 Å². The molecule has 2 aromatic heterocycles. The minimum absolute atomic E-state index is 0.104. The number of nitrogens with zero attached hydrogens (tertiary/aromatic N) is 4. The van der Waals surface area contributed by atoms with Crippen LogP contribution in [0.1, 0.15) is 5.76 Å². The molecule has 142 valence electrons. The number of aromatic nitrogens is 4. The van der Waals surface area contributed by atoms with Gasteiger partial charge in [-0.25, -0.2) is 4.68 Å². The molecule has 0 aliphatic carbocycles. The maximum Gasteiger partial charge on any atom is 0.234 e. The van der Waals surface area contributed by atoms with Gasteiger partial charge in [-0.1, -0.05) is 23.4 Å². The number of benzene rings is 1. The van der Waals surface area contributed by atoms with E-state index in [2.05, 4.69) is 20.8 Å². The Bertz CT molecular complexity index is 916. The predicted octanol–water partition coefficient (Wildman–Crippen LogP) is 2.72. The van der Waals surface area contributed by atoms with Crippen molar-refractivity contribution in [2.75, 3.05) is 25.3 Å². The number of carbonyl (C=O) groups excluding carboxylic acids is 1. The molecule has 11 heteroatoms. The van der Waals surface area contributed by atoms with Crippen molar-refractivity contribution in [3.05, 3.63) is 41.3 Å². The van der Waals surface area contributed by atoms with Crippen molar-refractivity contribution in [3.8, 4) is 11.5 Å². The van der Waals surface area contributed by atoms with Gasteiger partial charge < -0.3 is 19.2 Å². The number of methoxy groups -OCH3 is 2. The third-order valence-corrected chi connectivity index (χ3v) is 4.72. The first-order valence-corrected chi connectivity index (χ1v) is 9.09. The highest BCUT2D eigenvalue weighted by molar-refractivity contribution is 7.99. The van der Waals surface area contributed by atoms with Gasteiger partial charge in [0.15, 0.2) is 0 Å². The molecule has 0 aliphatic rings. The molecule has 9 nitrogen and oxygen atoms in total. The van der Waals surface area contributed by atoms with Gasteiger partial charge in [0.05, 0.1) is 36.9 Å². The Morgan fingerprint density at radius 1 is 1.33 bits per heavy atom. The van der Waals surface area contributed by atoms with Crippen LogP contribution in [0, 0.1) is 0 Å². The highest BCUT2D eigenvalue weighted by Crippen LogP contribution is 2.36. The monoisotopic (exact) mass is 409 g/mol. The largest absolute Gasteiger partial charge is 0.495 e. The molecule has 1 N–H and O–H groups in total. The average Bonchev–Trinajstić information content (AvgIpc) is 3.33. The number of hydrogen-bond donors (Lipinski definition) is 1. The molecule has 2 heterocycles. The van der Waals surface area contributed by atoms with Crippen molar-refractivity contribution < 1.29 is 18.7 Å². The Morgan fingerprint density at radius 2 is 2.15 bits per heavy atom. The van der Waals surface area contributed by atoms with E-state index >= 15 is 0 Å². The topological polar surface area (TPSA) is 104 Å². The second-order valence-corrected chi connectivity index (χ2v) is 6.57. The van der Waals surface area contributed by atoms with Crippen molar-refractivity contribution in [1.82, 2.24) is 20.2 Å². The number of halogens is 1. The van der Waals surface area contributed by atoms with Crippen molar-refractivity contribution >= 4 is 35.0 Å². The zero-order chi connectivity index (χ0) is 19.2. The van der Waals surface area contributed by atoms with Crippen LogP contribution >= 0.6 is 23.4 Å². The number of tetrazole rings is 1. The molecule has 0 saturated carbocycles. The fraction of sp³-hybridized carbons (Fsp3) is 0.250. The van der Waals surface area contributed by atoms with Crippen molar-refractivity contribution in [1.29, 1.82) is 0 Å². The van der Waals surface area contributed by atoms with Crippen LogP contribution < -0.4 is 14.8 Å². The second-order valence-electron chi connectivity index (χ2n) is 5.22. The van der Waals surface area contributed by atoms with Gasteiger partial charge in [0.25, 0.3) is 0 Å². The molecule has 3 rings (SSSR count). The van der Waals surface area contributed by atoms with Gasteiger partial charge in [0.2, 0.25) is 11.1 Å². The summed E-state index contributed by atoms with van der Waals surface area (Å²) >= 11 is 7.27. The van der Waals surface area contributed by atoms with Crippen LogP contribution in [0.3, 0.4) is 0 Å². The van der Waals surface area contributed by atoms with Crippen molar-refractivity contribution in [2.24, 2.45) is 0 Å². The quantitative estimate of drug-likeness (QED) is 0.566. The number of furan rings is 1. The van der Waals surface area contributed by atoms with Gasteiger partial charge in [-0.2, -0.15) is 0 Å². The lowest BCUT2D eigenvalue weighted by Gasteiger charge is -2.13. The number of carbonyl (C=O) groups is 1. The summed E-state index contributed by atoms with van der Waals surface area (Å²) in [5, 5.41) is 15.1. The van der Waals surface area contributed by atoms with Crippen LogP contribution in [-0.2, 0) is 11.3 Å². The van der Waals surface area contributed by atoms with E-state index in [1.54, 1.807) is 29.1 Å². The molecule has 1 aromatic carbocycles. The van der Waals surface area contributed by atoms with Crippen LogP contribution in [-0.4, -0.2) is 46.1 Å².